The standard InChI is InChI=1S/C13H10BrFN2O5/c14-6-1-2-7(15)11(10(6)13(21)22)16-8-5-9(19)17(3-4-18)12(8)20/h1-2,5,16,18H,3-4H2,(H,21,22). The fourth-order valence-electron chi connectivity index (χ4n) is 1.93. The minimum Gasteiger partial charge on any atom is -0.478 e. The number of imide groups is 1. The van der Waals surface area contributed by atoms with E-state index in [0.717, 1.165) is 17.0 Å². The van der Waals surface area contributed by atoms with Crippen molar-refractivity contribution in [2.24, 2.45) is 0 Å². The number of aliphatic hydroxyl groups is 1. The van der Waals surface area contributed by atoms with Gasteiger partial charge in [-0.05, 0) is 28.1 Å². The highest BCUT2D eigenvalue weighted by Crippen LogP contribution is 2.30. The monoisotopic (exact) mass is 372 g/mol. The van der Waals surface area contributed by atoms with Crippen molar-refractivity contribution >= 4 is 39.4 Å². The van der Waals surface area contributed by atoms with Gasteiger partial charge in [-0.15, -0.1) is 0 Å². The third kappa shape index (κ3) is 2.85. The smallest absolute Gasteiger partial charge is 0.339 e. The molecular formula is C13H10BrFN2O5. The molecule has 1 aromatic carbocycles. The van der Waals surface area contributed by atoms with Gasteiger partial charge in [0.2, 0.25) is 0 Å². The molecule has 3 N–H and O–H groups in total. The molecule has 2 rings (SSSR count). The molecule has 0 saturated carbocycles. The first kappa shape index (κ1) is 16.1. The SMILES string of the molecule is O=C(O)c1c(Br)ccc(F)c1NC1=CC(=O)N(CCO)C1=O. The molecule has 116 valence electrons. The van der Waals surface area contributed by atoms with Gasteiger partial charge in [-0.2, -0.15) is 0 Å². The van der Waals surface area contributed by atoms with Gasteiger partial charge in [-0.1, -0.05) is 0 Å². The number of carbonyl (C=O) groups excluding carboxylic acids is 2. The average molecular weight is 373 g/mol. The zero-order valence-corrected chi connectivity index (χ0v) is 12.6. The van der Waals surface area contributed by atoms with Gasteiger partial charge in [0, 0.05) is 10.5 Å². The Hall–Kier alpha value is -2.26. The molecule has 0 aliphatic carbocycles. The summed E-state index contributed by atoms with van der Waals surface area (Å²) >= 11 is 2.99. The maximum Gasteiger partial charge on any atom is 0.339 e. The molecule has 7 nitrogen and oxygen atoms in total. The Morgan fingerprint density at radius 1 is 1.36 bits per heavy atom. The van der Waals surface area contributed by atoms with Gasteiger partial charge in [0.25, 0.3) is 11.8 Å². The molecule has 0 atom stereocenters. The summed E-state index contributed by atoms with van der Waals surface area (Å²) in [7, 11) is 0. The van der Waals surface area contributed by atoms with Crippen molar-refractivity contribution in [2.75, 3.05) is 18.5 Å². The number of carboxylic acid groups (broad SMARTS) is 1. The van der Waals surface area contributed by atoms with E-state index in [1.54, 1.807) is 0 Å². The summed E-state index contributed by atoms with van der Waals surface area (Å²) in [5, 5.41) is 20.3. The van der Waals surface area contributed by atoms with Crippen LogP contribution in [0.3, 0.4) is 0 Å². The number of β-amino-alcohol motifs (C(OH)–C–C–N with tert-alkyl or cyclic N) is 1. The van der Waals surface area contributed by atoms with E-state index in [2.05, 4.69) is 21.2 Å². The van der Waals surface area contributed by atoms with E-state index in [1.807, 2.05) is 0 Å². The summed E-state index contributed by atoms with van der Waals surface area (Å²) in [6.07, 6.45) is 0.921. The average Bonchev–Trinajstić information content (AvgIpc) is 2.70. The molecule has 0 spiro atoms. The maximum absolute atomic E-state index is 13.9. The van der Waals surface area contributed by atoms with Crippen LogP contribution in [0.4, 0.5) is 10.1 Å². The Morgan fingerprint density at radius 2 is 2.05 bits per heavy atom. The summed E-state index contributed by atoms with van der Waals surface area (Å²) in [5.41, 5.74) is -1.10. The largest absolute Gasteiger partial charge is 0.478 e. The number of halogens is 2. The van der Waals surface area contributed by atoms with E-state index in [1.165, 1.54) is 6.07 Å². The number of hydrogen-bond donors (Lipinski definition) is 3. The highest BCUT2D eigenvalue weighted by Gasteiger charge is 2.32. The molecule has 1 aromatic rings. The molecule has 0 unspecified atom stereocenters. The normalized spacial score (nSPS) is 14.3. The van der Waals surface area contributed by atoms with Gasteiger partial charge < -0.3 is 15.5 Å². The van der Waals surface area contributed by atoms with Gasteiger partial charge >= 0.3 is 5.97 Å². The van der Waals surface area contributed by atoms with Crippen molar-refractivity contribution in [1.82, 2.24) is 4.90 Å². The number of aliphatic hydroxyl groups excluding tert-OH is 1. The quantitative estimate of drug-likeness (QED) is 0.664. The highest BCUT2D eigenvalue weighted by molar-refractivity contribution is 9.10. The van der Waals surface area contributed by atoms with Gasteiger partial charge in [0.1, 0.15) is 17.1 Å². The van der Waals surface area contributed by atoms with E-state index in [0.29, 0.717) is 0 Å². The van der Waals surface area contributed by atoms with E-state index in [9.17, 15) is 18.8 Å². The summed E-state index contributed by atoms with van der Waals surface area (Å²) in [5.74, 6) is -3.73. The molecular weight excluding hydrogens is 363 g/mol. The first-order valence-corrected chi connectivity index (χ1v) is 6.82. The Morgan fingerprint density at radius 3 is 2.64 bits per heavy atom. The van der Waals surface area contributed by atoms with Gasteiger partial charge in [-0.3, -0.25) is 14.5 Å². The molecule has 2 amide bonds. The van der Waals surface area contributed by atoms with Gasteiger partial charge in [-0.25, -0.2) is 9.18 Å². The number of amides is 2. The van der Waals surface area contributed by atoms with Crippen LogP contribution in [0.1, 0.15) is 10.4 Å². The molecule has 1 heterocycles. The van der Waals surface area contributed by atoms with Crippen LogP contribution in [0.25, 0.3) is 0 Å². The lowest BCUT2D eigenvalue weighted by molar-refractivity contribution is -0.137. The van der Waals surface area contributed by atoms with Crippen molar-refractivity contribution < 1.29 is 29.0 Å². The van der Waals surface area contributed by atoms with E-state index in [-0.39, 0.29) is 16.7 Å². The van der Waals surface area contributed by atoms with Crippen LogP contribution in [0.15, 0.2) is 28.4 Å². The van der Waals surface area contributed by atoms with Crippen LogP contribution in [0.2, 0.25) is 0 Å². The topological polar surface area (TPSA) is 107 Å². The number of rotatable bonds is 5. The summed E-state index contributed by atoms with van der Waals surface area (Å²) in [4.78, 5) is 35.6. The van der Waals surface area contributed by atoms with Crippen molar-refractivity contribution in [3.8, 4) is 0 Å². The lowest BCUT2D eigenvalue weighted by Gasteiger charge is -2.15. The number of benzene rings is 1. The fourth-order valence-corrected chi connectivity index (χ4v) is 2.43. The van der Waals surface area contributed by atoms with Gasteiger partial charge in [0.05, 0.1) is 18.8 Å². The number of nitrogens with one attached hydrogen (secondary N) is 1. The molecule has 0 aromatic heterocycles. The molecule has 1 aliphatic heterocycles. The molecule has 0 fully saturated rings. The van der Waals surface area contributed by atoms with Crippen LogP contribution in [-0.2, 0) is 9.59 Å². The number of carboxylic acids is 1. The van der Waals surface area contributed by atoms with Crippen molar-refractivity contribution in [3.63, 3.8) is 0 Å². The Bertz CT molecular complexity index is 704. The van der Waals surface area contributed by atoms with E-state index >= 15 is 0 Å². The van der Waals surface area contributed by atoms with Crippen LogP contribution in [0, 0.1) is 5.82 Å². The number of hydrogen-bond acceptors (Lipinski definition) is 5. The molecule has 1 aliphatic rings. The molecule has 9 heteroatoms. The second-order valence-electron chi connectivity index (χ2n) is 4.29. The maximum atomic E-state index is 13.9. The Kier molecular flexibility index (Phi) is 4.57. The second-order valence-corrected chi connectivity index (χ2v) is 5.14. The number of anilines is 1. The van der Waals surface area contributed by atoms with E-state index in [4.69, 9.17) is 10.2 Å². The third-order valence-electron chi connectivity index (χ3n) is 2.91. The first-order chi connectivity index (χ1) is 10.4. The van der Waals surface area contributed by atoms with E-state index < -0.39 is 41.5 Å². The predicted molar refractivity (Wildman–Crippen MR) is 76.6 cm³/mol. The zero-order chi connectivity index (χ0) is 16.4. The number of nitrogens with zero attached hydrogens (tertiary/aromatic N) is 1. The second kappa shape index (κ2) is 6.24. The zero-order valence-electron chi connectivity index (χ0n) is 11.0. The molecule has 0 bridgehead atoms. The Labute approximate surface area is 132 Å². The summed E-state index contributed by atoms with van der Waals surface area (Å²) in [6, 6.07) is 2.24. The van der Waals surface area contributed by atoms with Crippen molar-refractivity contribution in [2.45, 2.75) is 0 Å². The molecule has 0 radical (unpaired) electrons. The minimum absolute atomic E-state index is 0.119. The van der Waals surface area contributed by atoms with Crippen molar-refractivity contribution in [3.05, 3.63) is 39.8 Å². The number of aromatic carboxylic acids is 1. The molecule has 0 saturated heterocycles. The lowest BCUT2D eigenvalue weighted by Crippen LogP contribution is -2.34. The van der Waals surface area contributed by atoms with Crippen molar-refractivity contribution in [1.29, 1.82) is 0 Å². The molecule has 22 heavy (non-hydrogen) atoms. The first-order valence-electron chi connectivity index (χ1n) is 6.03. The van der Waals surface area contributed by atoms with Gasteiger partial charge in [0.15, 0.2) is 0 Å². The summed E-state index contributed by atoms with van der Waals surface area (Å²) in [6.45, 7) is -0.615. The highest BCUT2D eigenvalue weighted by atomic mass is 79.9. The van der Waals surface area contributed by atoms with Crippen LogP contribution in [-0.4, -0.2) is 46.0 Å². The van der Waals surface area contributed by atoms with Crippen LogP contribution >= 0.6 is 15.9 Å². The third-order valence-corrected chi connectivity index (χ3v) is 3.57. The van der Waals surface area contributed by atoms with Crippen LogP contribution < -0.4 is 5.32 Å². The van der Waals surface area contributed by atoms with Crippen LogP contribution in [0.5, 0.6) is 0 Å². The lowest BCUT2D eigenvalue weighted by atomic mass is 10.1. The minimum atomic E-state index is -1.40. The summed E-state index contributed by atoms with van der Waals surface area (Å²) < 4.78 is 14.0. The Balaban J connectivity index is 2.39. The fraction of sp³-hybridized carbons (Fsp3) is 0.154. The predicted octanol–water partition coefficient (Wildman–Crippen LogP) is 0.943. The number of carbonyl (C=O) groups is 3.